The van der Waals surface area contributed by atoms with Gasteiger partial charge >= 0.3 is 0 Å². The van der Waals surface area contributed by atoms with Crippen molar-refractivity contribution in [2.24, 2.45) is 5.73 Å². The smallest absolute Gasteiger partial charge is 0.0956 e. The number of aryl methyl sites for hydroxylation is 2. The maximum atomic E-state index is 6.35. The standard InChI is InChI=1S/C19H18Cl3N3/c1-12(23)19-18(16-6-5-15(21)10-17(16)22)24-11-25(19)8-7-13-3-2-4-14(20)9-13/h2-6,9-12H,7-8,23H2,1H3. The van der Waals surface area contributed by atoms with E-state index >= 15 is 0 Å². The van der Waals surface area contributed by atoms with Crippen LogP contribution in [0.4, 0.5) is 0 Å². The normalized spacial score (nSPS) is 12.4. The monoisotopic (exact) mass is 393 g/mol. The lowest BCUT2D eigenvalue weighted by Crippen LogP contribution is -2.14. The topological polar surface area (TPSA) is 43.8 Å². The first-order valence-corrected chi connectivity index (χ1v) is 9.09. The minimum Gasteiger partial charge on any atom is -0.332 e. The molecule has 0 saturated carbocycles. The van der Waals surface area contributed by atoms with E-state index in [1.807, 2.05) is 37.5 Å². The van der Waals surface area contributed by atoms with Gasteiger partial charge in [-0.25, -0.2) is 4.98 Å². The van der Waals surface area contributed by atoms with Gasteiger partial charge in [0.1, 0.15) is 0 Å². The number of rotatable bonds is 5. The van der Waals surface area contributed by atoms with Crippen molar-refractivity contribution in [2.75, 3.05) is 0 Å². The second-order valence-corrected chi connectivity index (χ2v) is 7.24. The third-order valence-electron chi connectivity index (χ3n) is 4.03. The molecule has 130 valence electrons. The number of aromatic nitrogens is 2. The van der Waals surface area contributed by atoms with Crippen molar-refractivity contribution >= 4 is 34.8 Å². The highest BCUT2D eigenvalue weighted by atomic mass is 35.5. The van der Waals surface area contributed by atoms with Crippen LogP contribution >= 0.6 is 34.8 Å². The molecule has 0 saturated heterocycles. The van der Waals surface area contributed by atoms with Crippen LogP contribution in [-0.4, -0.2) is 9.55 Å². The van der Waals surface area contributed by atoms with E-state index in [-0.39, 0.29) is 6.04 Å². The van der Waals surface area contributed by atoms with Crippen LogP contribution in [-0.2, 0) is 13.0 Å². The van der Waals surface area contributed by atoms with Gasteiger partial charge in [-0.2, -0.15) is 0 Å². The summed E-state index contributed by atoms with van der Waals surface area (Å²) >= 11 is 18.4. The Hall–Kier alpha value is -1.52. The van der Waals surface area contributed by atoms with Crippen molar-refractivity contribution in [3.63, 3.8) is 0 Å². The van der Waals surface area contributed by atoms with Crippen molar-refractivity contribution in [3.05, 3.63) is 75.1 Å². The summed E-state index contributed by atoms with van der Waals surface area (Å²) in [6.07, 6.45) is 2.65. The maximum Gasteiger partial charge on any atom is 0.0956 e. The lowest BCUT2D eigenvalue weighted by atomic mass is 10.1. The summed E-state index contributed by atoms with van der Waals surface area (Å²) in [6, 6.07) is 13.1. The Kier molecular flexibility index (Phi) is 5.70. The van der Waals surface area contributed by atoms with Crippen molar-refractivity contribution < 1.29 is 0 Å². The number of benzene rings is 2. The molecule has 25 heavy (non-hydrogen) atoms. The highest BCUT2D eigenvalue weighted by Crippen LogP contribution is 2.33. The van der Waals surface area contributed by atoms with Gasteiger partial charge in [0, 0.05) is 28.2 Å². The summed E-state index contributed by atoms with van der Waals surface area (Å²) in [4.78, 5) is 4.56. The van der Waals surface area contributed by atoms with Crippen LogP contribution in [0.25, 0.3) is 11.3 Å². The number of halogens is 3. The molecule has 3 nitrogen and oxygen atoms in total. The molecule has 1 aromatic heterocycles. The summed E-state index contributed by atoms with van der Waals surface area (Å²) in [5.74, 6) is 0. The molecule has 0 fully saturated rings. The Labute approximate surface area is 162 Å². The lowest BCUT2D eigenvalue weighted by molar-refractivity contribution is 0.625. The molecular weight excluding hydrogens is 377 g/mol. The molecule has 3 rings (SSSR count). The molecule has 0 spiro atoms. The average Bonchev–Trinajstić information content (AvgIpc) is 2.97. The molecule has 6 heteroatoms. The van der Waals surface area contributed by atoms with E-state index in [0.29, 0.717) is 10.0 Å². The van der Waals surface area contributed by atoms with Crippen LogP contribution in [0.2, 0.25) is 15.1 Å². The Morgan fingerprint density at radius 3 is 2.52 bits per heavy atom. The Balaban J connectivity index is 1.92. The van der Waals surface area contributed by atoms with Crippen LogP contribution < -0.4 is 5.73 Å². The molecule has 0 radical (unpaired) electrons. The van der Waals surface area contributed by atoms with E-state index in [0.717, 1.165) is 34.9 Å². The molecule has 1 unspecified atom stereocenters. The molecule has 1 atom stereocenters. The van der Waals surface area contributed by atoms with Crippen molar-refractivity contribution in [1.82, 2.24) is 9.55 Å². The van der Waals surface area contributed by atoms with Gasteiger partial charge in [0.2, 0.25) is 0 Å². The van der Waals surface area contributed by atoms with Gasteiger partial charge in [-0.15, -0.1) is 0 Å². The Bertz CT molecular complexity index is 887. The van der Waals surface area contributed by atoms with Gasteiger partial charge in [0.25, 0.3) is 0 Å². The summed E-state index contributed by atoms with van der Waals surface area (Å²) in [5, 5.41) is 1.90. The zero-order valence-corrected chi connectivity index (χ0v) is 16.0. The van der Waals surface area contributed by atoms with Gasteiger partial charge in [-0.05, 0) is 49.2 Å². The first-order valence-electron chi connectivity index (χ1n) is 7.96. The number of nitrogens with two attached hydrogens (primary N) is 1. The predicted molar refractivity (Wildman–Crippen MR) is 105 cm³/mol. The molecule has 0 amide bonds. The Morgan fingerprint density at radius 1 is 1.08 bits per heavy atom. The lowest BCUT2D eigenvalue weighted by Gasteiger charge is -2.14. The van der Waals surface area contributed by atoms with Gasteiger partial charge in [0.15, 0.2) is 0 Å². The van der Waals surface area contributed by atoms with Crippen LogP contribution in [0.15, 0.2) is 48.8 Å². The minimum absolute atomic E-state index is 0.177. The third kappa shape index (κ3) is 4.18. The fraction of sp³-hybridized carbons (Fsp3) is 0.211. The number of imidazole rings is 1. The van der Waals surface area contributed by atoms with E-state index in [1.54, 1.807) is 12.1 Å². The highest BCUT2D eigenvalue weighted by Gasteiger charge is 2.18. The van der Waals surface area contributed by atoms with Gasteiger partial charge in [-0.1, -0.05) is 46.9 Å². The molecule has 2 aromatic carbocycles. The van der Waals surface area contributed by atoms with Crippen molar-refractivity contribution in [3.8, 4) is 11.3 Å². The van der Waals surface area contributed by atoms with E-state index in [4.69, 9.17) is 40.5 Å². The Morgan fingerprint density at radius 2 is 1.84 bits per heavy atom. The molecule has 0 bridgehead atoms. The fourth-order valence-electron chi connectivity index (χ4n) is 2.88. The van der Waals surface area contributed by atoms with Crippen molar-refractivity contribution in [2.45, 2.75) is 25.9 Å². The predicted octanol–water partition coefficient (Wildman–Crippen LogP) is 5.77. The first-order chi connectivity index (χ1) is 12.0. The molecule has 0 aliphatic rings. The first kappa shape index (κ1) is 18.3. The van der Waals surface area contributed by atoms with E-state index in [1.165, 1.54) is 5.56 Å². The van der Waals surface area contributed by atoms with Gasteiger partial charge < -0.3 is 10.3 Å². The third-order valence-corrected chi connectivity index (χ3v) is 4.81. The molecular formula is C19H18Cl3N3. The van der Waals surface area contributed by atoms with Crippen LogP contribution in [0, 0.1) is 0 Å². The van der Waals surface area contributed by atoms with Crippen LogP contribution in [0.5, 0.6) is 0 Å². The quantitative estimate of drug-likeness (QED) is 0.596. The summed E-state index contributed by atoms with van der Waals surface area (Å²) in [5.41, 5.74) is 9.97. The second-order valence-electron chi connectivity index (χ2n) is 5.96. The van der Waals surface area contributed by atoms with Gasteiger partial charge in [-0.3, -0.25) is 0 Å². The highest BCUT2D eigenvalue weighted by molar-refractivity contribution is 6.36. The number of hydrogen-bond acceptors (Lipinski definition) is 2. The SMILES string of the molecule is CC(N)c1c(-c2ccc(Cl)cc2Cl)ncn1CCc1cccc(Cl)c1. The molecule has 3 aromatic rings. The van der Waals surface area contributed by atoms with E-state index < -0.39 is 0 Å². The summed E-state index contributed by atoms with van der Waals surface area (Å²) in [7, 11) is 0. The second kappa shape index (κ2) is 7.79. The summed E-state index contributed by atoms with van der Waals surface area (Å²) in [6.45, 7) is 2.70. The molecule has 0 aliphatic heterocycles. The van der Waals surface area contributed by atoms with Crippen LogP contribution in [0.1, 0.15) is 24.2 Å². The maximum absolute atomic E-state index is 6.35. The minimum atomic E-state index is -0.177. The summed E-state index contributed by atoms with van der Waals surface area (Å²) < 4.78 is 2.08. The largest absolute Gasteiger partial charge is 0.332 e. The van der Waals surface area contributed by atoms with Crippen LogP contribution in [0.3, 0.4) is 0 Å². The molecule has 0 aliphatic carbocycles. The van der Waals surface area contributed by atoms with Gasteiger partial charge in [0.05, 0.1) is 22.7 Å². The van der Waals surface area contributed by atoms with E-state index in [9.17, 15) is 0 Å². The van der Waals surface area contributed by atoms with E-state index in [2.05, 4.69) is 15.6 Å². The fourth-order valence-corrected chi connectivity index (χ4v) is 3.59. The number of hydrogen-bond donors (Lipinski definition) is 1. The van der Waals surface area contributed by atoms with Crippen molar-refractivity contribution in [1.29, 1.82) is 0 Å². The molecule has 1 heterocycles. The zero-order chi connectivity index (χ0) is 18.0. The average molecular weight is 395 g/mol. The zero-order valence-electron chi connectivity index (χ0n) is 13.7. The molecule has 2 N–H and O–H groups in total. The number of nitrogens with zero attached hydrogens (tertiary/aromatic N) is 2.